The van der Waals surface area contributed by atoms with E-state index < -0.39 is 5.91 Å². The molecule has 1 amide bonds. The summed E-state index contributed by atoms with van der Waals surface area (Å²) in [6.07, 6.45) is 0. The zero-order valence-corrected chi connectivity index (χ0v) is 10.4. The molecule has 18 heavy (non-hydrogen) atoms. The maximum Gasteiger partial charge on any atom is 0.248 e. The highest BCUT2D eigenvalue weighted by atomic mass is 35.5. The van der Waals surface area contributed by atoms with Crippen LogP contribution in [0.5, 0.6) is 0 Å². The van der Waals surface area contributed by atoms with Gasteiger partial charge >= 0.3 is 0 Å². The fraction of sp³-hybridized carbons (Fsp3) is 0. The summed E-state index contributed by atoms with van der Waals surface area (Å²) in [5.41, 5.74) is 6.13. The highest BCUT2D eigenvalue weighted by Gasteiger charge is 2.05. The van der Waals surface area contributed by atoms with Crippen LogP contribution in [-0.4, -0.2) is 20.9 Å². The second-order valence-electron chi connectivity index (χ2n) is 3.27. The molecule has 0 atom stereocenters. The smallest absolute Gasteiger partial charge is 0.248 e. The fourth-order valence-electron chi connectivity index (χ4n) is 1.26. The Morgan fingerprint density at radius 1 is 1.17 bits per heavy atom. The Morgan fingerprint density at radius 3 is 2.44 bits per heavy atom. The van der Waals surface area contributed by atoms with E-state index in [2.05, 4.69) is 20.3 Å². The quantitative estimate of drug-likeness (QED) is 0.899. The molecule has 0 aliphatic heterocycles. The van der Waals surface area contributed by atoms with Crippen LogP contribution in [0.4, 0.5) is 11.6 Å². The second kappa shape index (κ2) is 5.16. The molecule has 0 radical (unpaired) electrons. The molecule has 0 fully saturated rings. The van der Waals surface area contributed by atoms with Crippen molar-refractivity contribution in [2.24, 2.45) is 5.73 Å². The average molecular weight is 284 g/mol. The lowest BCUT2D eigenvalue weighted by atomic mass is 10.2. The average Bonchev–Trinajstić information content (AvgIpc) is 2.27. The molecule has 0 aliphatic rings. The third-order valence-electron chi connectivity index (χ3n) is 1.98. The zero-order valence-electron chi connectivity index (χ0n) is 8.89. The van der Waals surface area contributed by atoms with Gasteiger partial charge in [0, 0.05) is 11.3 Å². The highest BCUT2D eigenvalue weighted by molar-refractivity contribution is 6.31. The first-order valence-corrected chi connectivity index (χ1v) is 5.54. The van der Waals surface area contributed by atoms with Crippen LogP contribution >= 0.6 is 23.2 Å². The lowest BCUT2D eigenvalue weighted by Gasteiger charge is -2.05. The highest BCUT2D eigenvalue weighted by Crippen LogP contribution is 2.16. The Kier molecular flexibility index (Phi) is 3.59. The van der Waals surface area contributed by atoms with Crippen molar-refractivity contribution in [3.05, 3.63) is 40.4 Å². The molecule has 2 aromatic rings. The molecule has 0 spiro atoms. The fourth-order valence-corrected chi connectivity index (χ4v) is 1.62. The summed E-state index contributed by atoms with van der Waals surface area (Å²) >= 11 is 11.3. The van der Waals surface area contributed by atoms with Crippen LogP contribution in [0.25, 0.3) is 0 Å². The number of benzene rings is 1. The SMILES string of the molecule is NC(=O)c1cccc(Nc2nc(Cl)nc(Cl)n2)c1. The van der Waals surface area contributed by atoms with Crippen molar-refractivity contribution in [1.29, 1.82) is 0 Å². The van der Waals surface area contributed by atoms with E-state index in [1.807, 2.05) is 0 Å². The van der Waals surface area contributed by atoms with Crippen molar-refractivity contribution in [2.75, 3.05) is 5.32 Å². The Balaban J connectivity index is 2.28. The lowest BCUT2D eigenvalue weighted by molar-refractivity contribution is 0.100. The van der Waals surface area contributed by atoms with E-state index in [0.29, 0.717) is 11.3 Å². The van der Waals surface area contributed by atoms with Crippen LogP contribution in [-0.2, 0) is 0 Å². The molecule has 1 aromatic carbocycles. The summed E-state index contributed by atoms with van der Waals surface area (Å²) in [5.74, 6) is -0.341. The van der Waals surface area contributed by atoms with Crippen molar-refractivity contribution in [1.82, 2.24) is 15.0 Å². The largest absolute Gasteiger partial charge is 0.366 e. The maximum absolute atomic E-state index is 11.0. The summed E-state index contributed by atoms with van der Waals surface area (Å²) in [4.78, 5) is 22.3. The molecule has 6 nitrogen and oxygen atoms in total. The van der Waals surface area contributed by atoms with E-state index >= 15 is 0 Å². The number of nitrogens with one attached hydrogen (secondary N) is 1. The second-order valence-corrected chi connectivity index (χ2v) is 3.94. The van der Waals surface area contributed by atoms with Crippen LogP contribution in [0.1, 0.15) is 10.4 Å². The summed E-state index contributed by atoms with van der Waals surface area (Å²) in [6.45, 7) is 0. The Labute approximate surface area is 112 Å². The normalized spacial score (nSPS) is 10.1. The maximum atomic E-state index is 11.0. The Bertz CT molecular complexity index is 584. The minimum absolute atomic E-state index is 0.0245. The van der Waals surface area contributed by atoms with Crippen molar-refractivity contribution in [3.63, 3.8) is 0 Å². The van der Waals surface area contributed by atoms with Gasteiger partial charge in [0.25, 0.3) is 0 Å². The molecule has 0 aliphatic carbocycles. The third kappa shape index (κ3) is 3.06. The minimum Gasteiger partial charge on any atom is -0.366 e. The number of hydrogen-bond donors (Lipinski definition) is 2. The predicted octanol–water partition coefficient (Wildman–Crippen LogP) is 2.02. The van der Waals surface area contributed by atoms with Crippen molar-refractivity contribution < 1.29 is 4.79 Å². The van der Waals surface area contributed by atoms with Crippen LogP contribution in [0, 0.1) is 0 Å². The van der Waals surface area contributed by atoms with Crippen LogP contribution in [0.2, 0.25) is 10.6 Å². The van der Waals surface area contributed by atoms with E-state index in [-0.39, 0.29) is 16.5 Å². The van der Waals surface area contributed by atoms with Crippen LogP contribution < -0.4 is 11.1 Å². The zero-order chi connectivity index (χ0) is 13.1. The molecule has 1 heterocycles. The van der Waals surface area contributed by atoms with E-state index in [9.17, 15) is 4.79 Å². The van der Waals surface area contributed by atoms with Gasteiger partial charge in [-0.15, -0.1) is 0 Å². The molecule has 2 rings (SSSR count). The number of amides is 1. The molecule has 0 saturated heterocycles. The molecule has 0 bridgehead atoms. The number of anilines is 2. The van der Waals surface area contributed by atoms with Gasteiger partial charge in [0.2, 0.25) is 22.4 Å². The number of carbonyl (C=O) groups is 1. The number of rotatable bonds is 3. The third-order valence-corrected chi connectivity index (χ3v) is 2.32. The summed E-state index contributed by atoms with van der Waals surface area (Å²) in [7, 11) is 0. The van der Waals surface area contributed by atoms with Gasteiger partial charge in [-0.1, -0.05) is 6.07 Å². The molecular weight excluding hydrogens is 277 g/mol. The van der Waals surface area contributed by atoms with Gasteiger partial charge < -0.3 is 11.1 Å². The molecule has 1 aromatic heterocycles. The lowest BCUT2D eigenvalue weighted by Crippen LogP contribution is -2.11. The predicted molar refractivity (Wildman–Crippen MR) is 68.1 cm³/mol. The number of halogens is 2. The van der Waals surface area contributed by atoms with Gasteiger partial charge in [0.1, 0.15) is 0 Å². The molecule has 0 unspecified atom stereocenters. The Morgan fingerprint density at radius 2 is 1.83 bits per heavy atom. The van der Waals surface area contributed by atoms with E-state index in [1.54, 1.807) is 24.3 Å². The van der Waals surface area contributed by atoms with E-state index in [4.69, 9.17) is 28.9 Å². The summed E-state index contributed by atoms with van der Waals surface area (Å²) in [6, 6.07) is 6.56. The van der Waals surface area contributed by atoms with Crippen molar-refractivity contribution >= 4 is 40.7 Å². The first-order valence-electron chi connectivity index (χ1n) is 4.78. The topological polar surface area (TPSA) is 93.8 Å². The van der Waals surface area contributed by atoms with Gasteiger partial charge in [0.05, 0.1) is 0 Å². The number of nitrogens with zero attached hydrogens (tertiary/aromatic N) is 3. The first kappa shape index (κ1) is 12.5. The van der Waals surface area contributed by atoms with E-state index in [1.165, 1.54) is 0 Å². The van der Waals surface area contributed by atoms with Crippen molar-refractivity contribution in [2.45, 2.75) is 0 Å². The van der Waals surface area contributed by atoms with Gasteiger partial charge in [-0.3, -0.25) is 4.79 Å². The van der Waals surface area contributed by atoms with Crippen molar-refractivity contribution in [3.8, 4) is 0 Å². The number of carbonyl (C=O) groups excluding carboxylic acids is 1. The molecule has 3 N–H and O–H groups in total. The van der Waals surface area contributed by atoms with Gasteiger partial charge in [0.15, 0.2) is 0 Å². The number of primary amides is 1. The summed E-state index contributed by atoms with van der Waals surface area (Å²) in [5, 5.41) is 2.79. The van der Waals surface area contributed by atoms with Gasteiger partial charge in [-0.25, -0.2) is 0 Å². The standard InChI is InChI=1S/C10H7Cl2N5O/c11-8-15-9(12)17-10(16-8)14-6-3-1-2-5(4-6)7(13)18/h1-4H,(H2,13,18)(H,14,15,16,17). The monoisotopic (exact) mass is 283 g/mol. The number of nitrogens with two attached hydrogens (primary N) is 1. The first-order chi connectivity index (χ1) is 8.54. The molecule has 0 saturated carbocycles. The summed E-state index contributed by atoms with van der Waals surface area (Å²) < 4.78 is 0. The number of hydrogen-bond acceptors (Lipinski definition) is 5. The van der Waals surface area contributed by atoms with E-state index in [0.717, 1.165) is 0 Å². The Hall–Kier alpha value is -1.92. The number of aromatic nitrogens is 3. The molecule has 92 valence electrons. The van der Waals surface area contributed by atoms with Gasteiger partial charge in [-0.2, -0.15) is 15.0 Å². The molecule has 8 heteroatoms. The van der Waals surface area contributed by atoms with Crippen LogP contribution in [0.15, 0.2) is 24.3 Å². The minimum atomic E-state index is -0.523. The van der Waals surface area contributed by atoms with Gasteiger partial charge in [-0.05, 0) is 41.4 Å². The molecular formula is C10H7Cl2N5O. The van der Waals surface area contributed by atoms with Crippen LogP contribution in [0.3, 0.4) is 0 Å².